The van der Waals surface area contributed by atoms with E-state index in [-0.39, 0.29) is 40.9 Å². The van der Waals surface area contributed by atoms with Crippen molar-refractivity contribution in [3.05, 3.63) is 99.2 Å². The highest BCUT2D eigenvalue weighted by Gasteiger charge is 2.21. The molecule has 1 heterocycles. The first kappa shape index (κ1) is 24.6. The van der Waals surface area contributed by atoms with Gasteiger partial charge in [0.15, 0.2) is 12.4 Å². The summed E-state index contributed by atoms with van der Waals surface area (Å²) in [6.45, 7) is 7.95. The summed E-state index contributed by atoms with van der Waals surface area (Å²) < 4.78 is 11.9. The SMILES string of the molecule is C[C@@H](NC(=O)COc1c(-c2ccc(C(C)(C)C)cc2)oc2ccc(Cl)cc2c1=O)c1ccccc1. The molecule has 1 N–H and O–H groups in total. The second-order valence-electron chi connectivity index (χ2n) is 9.55. The first-order valence-electron chi connectivity index (χ1n) is 11.5. The molecule has 6 heteroatoms. The van der Waals surface area contributed by atoms with Crippen LogP contribution in [0.3, 0.4) is 0 Å². The van der Waals surface area contributed by atoms with Crippen molar-refractivity contribution < 1.29 is 13.9 Å². The number of carbonyl (C=O) groups excluding carboxylic acids is 1. The monoisotopic (exact) mass is 489 g/mol. The molecule has 1 aromatic heterocycles. The largest absolute Gasteiger partial charge is 0.476 e. The third kappa shape index (κ3) is 5.57. The molecule has 0 aliphatic rings. The van der Waals surface area contributed by atoms with Crippen molar-refractivity contribution in [1.29, 1.82) is 0 Å². The van der Waals surface area contributed by atoms with E-state index >= 15 is 0 Å². The van der Waals surface area contributed by atoms with Gasteiger partial charge in [-0.15, -0.1) is 0 Å². The Morgan fingerprint density at radius 2 is 1.71 bits per heavy atom. The minimum atomic E-state index is -0.382. The summed E-state index contributed by atoms with van der Waals surface area (Å²) in [6, 6.07) is 22.1. The van der Waals surface area contributed by atoms with Gasteiger partial charge in [-0.1, -0.05) is 87.0 Å². The molecule has 0 bridgehead atoms. The maximum atomic E-state index is 13.4. The Hall–Kier alpha value is -3.57. The average molecular weight is 490 g/mol. The van der Waals surface area contributed by atoms with E-state index in [2.05, 4.69) is 26.1 Å². The van der Waals surface area contributed by atoms with Gasteiger partial charge < -0.3 is 14.5 Å². The standard InChI is InChI=1S/C29H28ClNO4/c1-18(19-8-6-5-7-9-19)31-25(32)17-34-28-26(33)23-16-22(30)14-15-24(23)35-27(28)20-10-12-21(13-11-20)29(2,3)4/h5-16,18H,17H2,1-4H3,(H,31,32)/t18-/m1/s1. The lowest BCUT2D eigenvalue weighted by Gasteiger charge is -2.19. The van der Waals surface area contributed by atoms with Crippen molar-refractivity contribution >= 4 is 28.5 Å². The van der Waals surface area contributed by atoms with Crippen LogP contribution in [0.4, 0.5) is 0 Å². The van der Waals surface area contributed by atoms with Crippen LogP contribution in [-0.4, -0.2) is 12.5 Å². The van der Waals surface area contributed by atoms with Gasteiger partial charge in [-0.25, -0.2) is 0 Å². The number of fused-ring (bicyclic) bond motifs is 1. The number of hydrogen-bond donors (Lipinski definition) is 1. The molecule has 0 fully saturated rings. The summed E-state index contributed by atoms with van der Waals surface area (Å²) in [5, 5.41) is 3.60. The van der Waals surface area contributed by atoms with Gasteiger partial charge >= 0.3 is 0 Å². The van der Waals surface area contributed by atoms with Gasteiger partial charge in [0.1, 0.15) is 5.58 Å². The number of nitrogens with one attached hydrogen (secondary N) is 1. The van der Waals surface area contributed by atoms with Crippen LogP contribution in [0.1, 0.15) is 44.9 Å². The van der Waals surface area contributed by atoms with Gasteiger partial charge in [-0.3, -0.25) is 9.59 Å². The molecule has 0 aliphatic carbocycles. The fraction of sp³-hybridized carbons (Fsp3) is 0.241. The number of ether oxygens (including phenoxy) is 1. The summed E-state index contributed by atoms with van der Waals surface area (Å²) >= 11 is 6.12. The summed E-state index contributed by atoms with van der Waals surface area (Å²) in [5.74, 6) is -0.0963. The second-order valence-corrected chi connectivity index (χ2v) is 9.98. The fourth-order valence-electron chi connectivity index (χ4n) is 3.84. The van der Waals surface area contributed by atoms with Gasteiger partial charge in [0.25, 0.3) is 5.91 Å². The Labute approximate surface area is 209 Å². The van der Waals surface area contributed by atoms with Crippen LogP contribution in [0.2, 0.25) is 5.02 Å². The zero-order valence-electron chi connectivity index (χ0n) is 20.2. The summed E-state index contributed by atoms with van der Waals surface area (Å²) in [5.41, 5.74) is 2.79. The molecule has 0 saturated heterocycles. The van der Waals surface area contributed by atoms with Gasteiger partial charge in [0, 0.05) is 10.6 Å². The highest BCUT2D eigenvalue weighted by atomic mass is 35.5. The van der Waals surface area contributed by atoms with Crippen LogP contribution in [0.25, 0.3) is 22.3 Å². The molecular formula is C29H28ClNO4. The summed E-state index contributed by atoms with van der Waals surface area (Å²) in [6.07, 6.45) is 0. The predicted octanol–water partition coefficient (Wildman–Crippen LogP) is 6.67. The maximum absolute atomic E-state index is 13.4. The van der Waals surface area contributed by atoms with Crippen molar-refractivity contribution in [3.63, 3.8) is 0 Å². The minimum Gasteiger partial charge on any atom is -0.476 e. The van der Waals surface area contributed by atoms with E-state index in [1.807, 2.05) is 61.5 Å². The Morgan fingerprint density at radius 1 is 1.03 bits per heavy atom. The third-order valence-corrected chi connectivity index (χ3v) is 6.08. The Balaban J connectivity index is 1.66. The fourth-order valence-corrected chi connectivity index (χ4v) is 4.01. The maximum Gasteiger partial charge on any atom is 0.258 e. The van der Waals surface area contributed by atoms with Gasteiger partial charge in [0.2, 0.25) is 11.2 Å². The second kappa shape index (κ2) is 9.96. The van der Waals surface area contributed by atoms with Gasteiger partial charge in [0.05, 0.1) is 11.4 Å². The third-order valence-electron chi connectivity index (χ3n) is 5.85. The number of benzene rings is 3. The normalized spacial score (nSPS) is 12.4. The number of amides is 1. The lowest BCUT2D eigenvalue weighted by Crippen LogP contribution is -2.32. The van der Waals surface area contributed by atoms with E-state index < -0.39 is 0 Å². The molecule has 1 atom stereocenters. The van der Waals surface area contributed by atoms with E-state index in [4.69, 9.17) is 20.8 Å². The van der Waals surface area contributed by atoms with Crippen molar-refractivity contribution in [2.75, 3.05) is 6.61 Å². The quantitative estimate of drug-likeness (QED) is 0.328. The Morgan fingerprint density at radius 3 is 2.37 bits per heavy atom. The van der Waals surface area contributed by atoms with Crippen molar-refractivity contribution in [3.8, 4) is 17.1 Å². The molecule has 5 nitrogen and oxygen atoms in total. The minimum absolute atomic E-state index is 0.0215. The molecule has 4 aromatic rings. The molecule has 3 aromatic carbocycles. The molecule has 0 saturated carbocycles. The zero-order chi connectivity index (χ0) is 25.2. The van der Waals surface area contributed by atoms with E-state index in [0.29, 0.717) is 21.6 Å². The van der Waals surface area contributed by atoms with Crippen LogP contribution >= 0.6 is 11.6 Å². The van der Waals surface area contributed by atoms with Crippen LogP contribution in [0, 0.1) is 0 Å². The lowest BCUT2D eigenvalue weighted by molar-refractivity contribution is -0.123. The molecule has 0 unspecified atom stereocenters. The summed E-state index contributed by atoms with van der Waals surface area (Å²) in [7, 11) is 0. The average Bonchev–Trinajstić information content (AvgIpc) is 2.83. The van der Waals surface area contributed by atoms with E-state index in [1.165, 1.54) is 0 Å². The molecule has 180 valence electrons. The van der Waals surface area contributed by atoms with Crippen molar-refractivity contribution in [1.82, 2.24) is 5.32 Å². The highest BCUT2D eigenvalue weighted by molar-refractivity contribution is 6.31. The van der Waals surface area contributed by atoms with E-state index in [0.717, 1.165) is 11.1 Å². The Bertz CT molecular complexity index is 1400. The zero-order valence-corrected chi connectivity index (χ0v) is 21.0. The smallest absolute Gasteiger partial charge is 0.258 e. The van der Waals surface area contributed by atoms with Crippen molar-refractivity contribution in [2.45, 2.75) is 39.2 Å². The number of hydrogen-bond acceptors (Lipinski definition) is 4. The first-order chi connectivity index (χ1) is 16.6. The number of carbonyl (C=O) groups is 1. The molecule has 0 radical (unpaired) electrons. The van der Waals surface area contributed by atoms with Gasteiger partial charge in [-0.2, -0.15) is 0 Å². The molecule has 35 heavy (non-hydrogen) atoms. The molecular weight excluding hydrogens is 462 g/mol. The summed E-state index contributed by atoms with van der Waals surface area (Å²) in [4.78, 5) is 26.0. The molecule has 0 aliphatic heterocycles. The molecule has 0 spiro atoms. The van der Waals surface area contributed by atoms with E-state index in [9.17, 15) is 9.59 Å². The number of halogens is 1. The van der Waals surface area contributed by atoms with E-state index in [1.54, 1.807) is 18.2 Å². The lowest BCUT2D eigenvalue weighted by atomic mass is 9.86. The van der Waals surface area contributed by atoms with Crippen LogP contribution in [0.5, 0.6) is 5.75 Å². The molecule has 1 amide bonds. The van der Waals surface area contributed by atoms with Crippen LogP contribution in [0.15, 0.2) is 82.0 Å². The van der Waals surface area contributed by atoms with Crippen LogP contribution < -0.4 is 15.5 Å². The van der Waals surface area contributed by atoms with Crippen molar-refractivity contribution in [2.24, 2.45) is 0 Å². The van der Waals surface area contributed by atoms with Gasteiger partial charge in [-0.05, 0) is 41.7 Å². The number of rotatable bonds is 6. The molecule has 4 rings (SSSR count). The van der Waals surface area contributed by atoms with Crippen LogP contribution in [-0.2, 0) is 10.2 Å². The first-order valence-corrected chi connectivity index (χ1v) is 11.9. The predicted molar refractivity (Wildman–Crippen MR) is 140 cm³/mol. The highest BCUT2D eigenvalue weighted by Crippen LogP contribution is 2.33. The topological polar surface area (TPSA) is 68.5 Å². The Kier molecular flexibility index (Phi) is 6.99.